The molecule has 0 unspecified atom stereocenters. The molecule has 0 radical (unpaired) electrons. The van der Waals surface area contributed by atoms with Gasteiger partial charge in [0.25, 0.3) is 0 Å². The Hall–Kier alpha value is -1.09. The molecular formula is C13H16BrNO. The molecule has 0 amide bonds. The topological polar surface area (TPSA) is 20.3 Å². The molecule has 0 N–H and O–H groups in total. The zero-order chi connectivity index (χ0) is 12.0. The van der Waals surface area contributed by atoms with E-state index in [0.717, 1.165) is 17.6 Å². The Kier molecular flexibility index (Phi) is 5.26. The molecule has 0 aliphatic rings. The number of halogens is 1. The lowest BCUT2D eigenvalue weighted by molar-refractivity contribution is 0.104. The summed E-state index contributed by atoms with van der Waals surface area (Å²) in [4.78, 5) is 13.8. The quantitative estimate of drug-likeness (QED) is 0.608. The van der Waals surface area contributed by atoms with Crippen molar-refractivity contribution in [3.8, 4) is 0 Å². The van der Waals surface area contributed by atoms with Gasteiger partial charge in [-0.3, -0.25) is 4.79 Å². The molecule has 3 heteroatoms. The van der Waals surface area contributed by atoms with Crippen LogP contribution in [0.5, 0.6) is 0 Å². The summed E-state index contributed by atoms with van der Waals surface area (Å²) in [6, 6.07) is 7.38. The van der Waals surface area contributed by atoms with Crippen LogP contribution in [0.3, 0.4) is 0 Å². The molecule has 0 bridgehead atoms. The third kappa shape index (κ3) is 3.81. The number of carbonyl (C=O) groups excluding carboxylic acids is 1. The van der Waals surface area contributed by atoms with Crippen LogP contribution in [-0.4, -0.2) is 23.8 Å². The molecule has 16 heavy (non-hydrogen) atoms. The van der Waals surface area contributed by atoms with Crippen LogP contribution in [0, 0.1) is 0 Å². The van der Waals surface area contributed by atoms with Crippen LogP contribution in [0.15, 0.2) is 41.0 Å². The monoisotopic (exact) mass is 281 g/mol. The Morgan fingerprint density at radius 3 is 2.31 bits per heavy atom. The number of rotatable bonds is 5. The van der Waals surface area contributed by atoms with E-state index in [-0.39, 0.29) is 5.78 Å². The second kappa shape index (κ2) is 6.48. The van der Waals surface area contributed by atoms with Gasteiger partial charge in [0.2, 0.25) is 0 Å². The first-order valence-electron chi connectivity index (χ1n) is 5.39. The van der Waals surface area contributed by atoms with Gasteiger partial charge in [-0.25, -0.2) is 0 Å². The molecule has 0 aliphatic carbocycles. The zero-order valence-electron chi connectivity index (χ0n) is 9.61. The molecular weight excluding hydrogens is 266 g/mol. The predicted molar refractivity (Wildman–Crippen MR) is 70.5 cm³/mol. The van der Waals surface area contributed by atoms with Gasteiger partial charge in [0.1, 0.15) is 0 Å². The highest BCUT2D eigenvalue weighted by Crippen LogP contribution is 2.11. The second-order valence-corrected chi connectivity index (χ2v) is 4.32. The number of hydrogen-bond donors (Lipinski definition) is 0. The van der Waals surface area contributed by atoms with Crippen molar-refractivity contribution < 1.29 is 4.79 Å². The molecule has 0 saturated heterocycles. The zero-order valence-corrected chi connectivity index (χ0v) is 11.2. The first-order valence-corrected chi connectivity index (χ1v) is 6.18. The van der Waals surface area contributed by atoms with Gasteiger partial charge >= 0.3 is 0 Å². The van der Waals surface area contributed by atoms with Crippen molar-refractivity contribution in [1.82, 2.24) is 4.90 Å². The van der Waals surface area contributed by atoms with Crippen molar-refractivity contribution in [2.45, 2.75) is 13.8 Å². The van der Waals surface area contributed by atoms with Gasteiger partial charge in [0, 0.05) is 35.4 Å². The molecule has 86 valence electrons. The fourth-order valence-corrected chi connectivity index (χ4v) is 1.58. The van der Waals surface area contributed by atoms with E-state index in [9.17, 15) is 4.79 Å². The number of benzene rings is 1. The van der Waals surface area contributed by atoms with Gasteiger partial charge in [-0.1, -0.05) is 15.9 Å². The lowest BCUT2D eigenvalue weighted by atomic mass is 10.1. The van der Waals surface area contributed by atoms with Gasteiger partial charge in [0.05, 0.1) is 0 Å². The smallest absolute Gasteiger partial charge is 0.187 e. The van der Waals surface area contributed by atoms with Crippen LogP contribution in [0.2, 0.25) is 0 Å². The summed E-state index contributed by atoms with van der Waals surface area (Å²) in [5.74, 6) is 0.0411. The van der Waals surface area contributed by atoms with E-state index in [4.69, 9.17) is 0 Å². The fraction of sp³-hybridized carbons (Fsp3) is 0.308. The fourth-order valence-electron chi connectivity index (χ4n) is 1.32. The Bertz CT molecular complexity index is 366. The van der Waals surface area contributed by atoms with Gasteiger partial charge in [0.15, 0.2) is 5.78 Å². The largest absolute Gasteiger partial charge is 0.378 e. The Morgan fingerprint density at radius 1 is 1.25 bits per heavy atom. The molecule has 0 aromatic heterocycles. The van der Waals surface area contributed by atoms with E-state index in [1.54, 1.807) is 6.08 Å². The van der Waals surface area contributed by atoms with E-state index >= 15 is 0 Å². The van der Waals surface area contributed by atoms with Crippen LogP contribution in [0.25, 0.3) is 0 Å². The molecule has 1 rings (SSSR count). The molecule has 0 heterocycles. The van der Waals surface area contributed by atoms with Crippen LogP contribution in [0.1, 0.15) is 24.2 Å². The van der Waals surface area contributed by atoms with Gasteiger partial charge in [-0.05, 0) is 38.1 Å². The maximum atomic E-state index is 11.8. The Labute approximate surface area is 105 Å². The minimum absolute atomic E-state index is 0.0411. The van der Waals surface area contributed by atoms with E-state index in [1.807, 2.05) is 30.5 Å². The van der Waals surface area contributed by atoms with E-state index < -0.39 is 0 Å². The predicted octanol–water partition coefficient (Wildman–Crippen LogP) is 3.49. The first kappa shape index (κ1) is 13.0. The van der Waals surface area contributed by atoms with Crippen molar-refractivity contribution in [3.05, 3.63) is 46.6 Å². The Balaban J connectivity index is 2.68. The van der Waals surface area contributed by atoms with Crippen molar-refractivity contribution in [2.24, 2.45) is 0 Å². The van der Waals surface area contributed by atoms with Gasteiger partial charge in [-0.15, -0.1) is 0 Å². The third-order valence-electron chi connectivity index (χ3n) is 2.38. The SMILES string of the molecule is CCN(/C=C/C(=O)c1ccc(Br)cc1)CC. The number of hydrogen-bond acceptors (Lipinski definition) is 2. The highest BCUT2D eigenvalue weighted by Gasteiger charge is 2.01. The number of ketones is 1. The molecule has 0 spiro atoms. The maximum absolute atomic E-state index is 11.8. The number of nitrogens with zero attached hydrogens (tertiary/aromatic N) is 1. The maximum Gasteiger partial charge on any atom is 0.187 e. The van der Waals surface area contributed by atoms with Crippen LogP contribution >= 0.6 is 15.9 Å². The second-order valence-electron chi connectivity index (χ2n) is 3.41. The summed E-state index contributed by atoms with van der Waals surface area (Å²) >= 11 is 3.34. The van der Waals surface area contributed by atoms with Crippen LogP contribution in [0.4, 0.5) is 0 Å². The van der Waals surface area contributed by atoms with E-state index in [0.29, 0.717) is 5.56 Å². The summed E-state index contributed by atoms with van der Waals surface area (Å²) in [5.41, 5.74) is 0.714. The minimum Gasteiger partial charge on any atom is -0.378 e. The van der Waals surface area contributed by atoms with Crippen molar-refractivity contribution in [3.63, 3.8) is 0 Å². The van der Waals surface area contributed by atoms with Crippen molar-refractivity contribution in [2.75, 3.05) is 13.1 Å². The van der Waals surface area contributed by atoms with Crippen LogP contribution < -0.4 is 0 Å². The average Bonchev–Trinajstić information content (AvgIpc) is 2.31. The van der Waals surface area contributed by atoms with Crippen molar-refractivity contribution >= 4 is 21.7 Å². The summed E-state index contributed by atoms with van der Waals surface area (Å²) in [6.07, 6.45) is 3.47. The molecule has 2 nitrogen and oxygen atoms in total. The average molecular weight is 282 g/mol. The molecule has 1 aromatic rings. The lowest BCUT2D eigenvalue weighted by Crippen LogP contribution is -2.15. The third-order valence-corrected chi connectivity index (χ3v) is 2.91. The number of allylic oxidation sites excluding steroid dienone is 1. The molecule has 0 aliphatic heterocycles. The van der Waals surface area contributed by atoms with Crippen molar-refractivity contribution in [1.29, 1.82) is 0 Å². The van der Waals surface area contributed by atoms with E-state index in [2.05, 4.69) is 34.7 Å². The van der Waals surface area contributed by atoms with Gasteiger partial charge < -0.3 is 4.90 Å². The normalized spacial score (nSPS) is 10.7. The van der Waals surface area contributed by atoms with Crippen LogP contribution in [-0.2, 0) is 0 Å². The minimum atomic E-state index is 0.0411. The highest BCUT2D eigenvalue weighted by molar-refractivity contribution is 9.10. The lowest BCUT2D eigenvalue weighted by Gasteiger charge is -2.14. The number of carbonyl (C=O) groups is 1. The Morgan fingerprint density at radius 2 is 1.81 bits per heavy atom. The van der Waals surface area contributed by atoms with Gasteiger partial charge in [-0.2, -0.15) is 0 Å². The first-order chi connectivity index (χ1) is 7.67. The molecule has 0 atom stereocenters. The summed E-state index contributed by atoms with van der Waals surface area (Å²) in [5, 5.41) is 0. The molecule has 0 fully saturated rings. The highest BCUT2D eigenvalue weighted by atomic mass is 79.9. The summed E-state index contributed by atoms with van der Waals surface area (Å²) in [6.45, 7) is 5.97. The summed E-state index contributed by atoms with van der Waals surface area (Å²) in [7, 11) is 0. The molecule has 0 saturated carbocycles. The molecule has 1 aromatic carbocycles. The van der Waals surface area contributed by atoms with E-state index in [1.165, 1.54) is 0 Å². The standard InChI is InChI=1S/C13H16BrNO/c1-3-15(4-2)10-9-13(16)11-5-7-12(14)8-6-11/h5-10H,3-4H2,1-2H3/b10-9+. The summed E-state index contributed by atoms with van der Waals surface area (Å²) < 4.78 is 0.983.